The molecule has 0 aliphatic rings. The monoisotopic (exact) mass is 248 g/mol. The Morgan fingerprint density at radius 2 is 2.00 bits per heavy atom. The van der Waals surface area contributed by atoms with Gasteiger partial charge in [0.15, 0.2) is 6.10 Å². The molecule has 0 aliphatic carbocycles. The van der Waals surface area contributed by atoms with Gasteiger partial charge < -0.3 is 16.2 Å². The van der Waals surface area contributed by atoms with Crippen molar-refractivity contribution in [2.24, 2.45) is 5.73 Å². The van der Waals surface area contributed by atoms with Gasteiger partial charge in [0.1, 0.15) is 5.75 Å². The van der Waals surface area contributed by atoms with Crippen LogP contribution in [0, 0.1) is 0 Å². The van der Waals surface area contributed by atoms with Gasteiger partial charge in [-0.2, -0.15) is 13.2 Å². The summed E-state index contributed by atoms with van der Waals surface area (Å²) in [6, 6.07) is 2.61. The van der Waals surface area contributed by atoms with Gasteiger partial charge in [0.2, 0.25) is 0 Å². The number of rotatable bonds is 3. The number of amides is 1. The maximum absolute atomic E-state index is 12.3. The van der Waals surface area contributed by atoms with Crippen molar-refractivity contribution in [3.63, 3.8) is 0 Å². The summed E-state index contributed by atoms with van der Waals surface area (Å²) in [7, 11) is 0. The molecule has 1 unspecified atom stereocenters. The second-order valence-corrected chi connectivity index (χ2v) is 3.41. The van der Waals surface area contributed by atoms with Gasteiger partial charge in [0.25, 0.3) is 5.91 Å². The second-order valence-electron chi connectivity index (χ2n) is 3.41. The van der Waals surface area contributed by atoms with Gasteiger partial charge in [-0.3, -0.25) is 4.79 Å². The molecule has 0 aromatic heterocycles. The maximum Gasteiger partial charge on any atom is 0.416 e. The molecule has 17 heavy (non-hydrogen) atoms. The minimum absolute atomic E-state index is 0.00991. The highest BCUT2D eigenvalue weighted by Crippen LogP contribution is 2.33. The molecule has 0 bridgehead atoms. The van der Waals surface area contributed by atoms with E-state index in [1.54, 1.807) is 0 Å². The fourth-order valence-corrected chi connectivity index (χ4v) is 1.08. The van der Waals surface area contributed by atoms with Gasteiger partial charge in [-0.25, -0.2) is 0 Å². The predicted molar refractivity (Wildman–Crippen MR) is 55.1 cm³/mol. The smallest absolute Gasteiger partial charge is 0.416 e. The molecule has 4 nitrogen and oxygen atoms in total. The van der Waals surface area contributed by atoms with Crippen LogP contribution in [0.15, 0.2) is 18.2 Å². The maximum atomic E-state index is 12.3. The van der Waals surface area contributed by atoms with Crippen LogP contribution in [0.2, 0.25) is 0 Å². The van der Waals surface area contributed by atoms with E-state index in [4.69, 9.17) is 16.2 Å². The van der Waals surface area contributed by atoms with E-state index in [1.807, 2.05) is 0 Å². The summed E-state index contributed by atoms with van der Waals surface area (Å²) in [6.07, 6.45) is -5.43. The van der Waals surface area contributed by atoms with Crippen molar-refractivity contribution in [1.29, 1.82) is 0 Å². The first-order valence-electron chi connectivity index (χ1n) is 4.64. The first-order chi connectivity index (χ1) is 7.71. The van der Waals surface area contributed by atoms with Crippen molar-refractivity contribution in [2.45, 2.75) is 19.2 Å². The Kier molecular flexibility index (Phi) is 3.50. The molecule has 94 valence electrons. The quantitative estimate of drug-likeness (QED) is 0.796. The van der Waals surface area contributed by atoms with E-state index in [1.165, 1.54) is 6.92 Å². The molecule has 0 radical (unpaired) electrons. The Labute approximate surface area is 95.3 Å². The number of nitrogen functional groups attached to an aromatic ring is 1. The number of hydrogen-bond acceptors (Lipinski definition) is 3. The summed E-state index contributed by atoms with van der Waals surface area (Å²) in [5.74, 6) is -0.742. The zero-order valence-corrected chi connectivity index (χ0v) is 8.91. The molecular weight excluding hydrogens is 237 g/mol. The number of carbonyl (C=O) groups is 1. The van der Waals surface area contributed by atoms with Gasteiger partial charge in [-0.05, 0) is 25.1 Å². The molecule has 1 aromatic rings. The highest BCUT2D eigenvalue weighted by molar-refractivity contribution is 5.79. The van der Waals surface area contributed by atoms with Gasteiger partial charge in [-0.15, -0.1) is 0 Å². The Morgan fingerprint density at radius 3 is 2.41 bits per heavy atom. The molecular formula is C10H11F3N2O2. The summed E-state index contributed by atoms with van der Waals surface area (Å²) in [5.41, 5.74) is 9.26. The molecule has 7 heteroatoms. The molecule has 1 amide bonds. The third-order valence-electron chi connectivity index (χ3n) is 2.04. The average Bonchev–Trinajstić information content (AvgIpc) is 2.19. The topological polar surface area (TPSA) is 78.3 Å². The molecule has 0 saturated heterocycles. The van der Waals surface area contributed by atoms with Crippen molar-refractivity contribution in [3.8, 4) is 5.75 Å². The van der Waals surface area contributed by atoms with Gasteiger partial charge in [0, 0.05) is 0 Å². The van der Waals surface area contributed by atoms with Crippen molar-refractivity contribution in [2.75, 3.05) is 5.73 Å². The first-order valence-corrected chi connectivity index (χ1v) is 4.64. The van der Waals surface area contributed by atoms with Crippen LogP contribution in [0.1, 0.15) is 12.5 Å². The van der Waals surface area contributed by atoms with Crippen molar-refractivity contribution in [1.82, 2.24) is 0 Å². The van der Waals surface area contributed by atoms with Crippen LogP contribution in [0.5, 0.6) is 5.75 Å². The van der Waals surface area contributed by atoms with Crippen molar-refractivity contribution >= 4 is 11.6 Å². The third kappa shape index (κ3) is 3.27. The number of nitrogens with two attached hydrogens (primary N) is 2. The van der Waals surface area contributed by atoms with E-state index in [0.717, 1.165) is 18.2 Å². The minimum atomic E-state index is -4.47. The second kappa shape index (κ2) is 4.52. The number of alkyl halides is 3. The van der Waals surface area contributed by atoms with Crippen LogP contribution < -0.4 is 16.2 Å². The number of primary amides is 1. The number of halogens is 3. The van der Waals surface area contributed by atoms with Crippen LogP contribution in [0.3, 0.4) is 0 Å². The minimum Gasteiger partial charge on any atom is -0.479 e. The van der Waals surface area contributed by atoms with E-state index in [2.05, 4.69) is 0 Å². The van der Waals surface area contributed by atoms with Crippen LogP contribution in [0.25, 0.3) is 0 Å². The number of carbonyl (C=O) groups excluding carboxylic acids is 1. The summed E-state index contributed by atoms with van der Waals surface area (Å²) >= 11 is 0. The first kappa shape index (κ1) is 13.1. The molecule has 0 fully saturated rings. The zero-order chi connectivity index (χ0) is 13.2. The number of benzene rings is 1. The third-order valence-corrected chi connectivity index (χ3v) is 2.04. The van der Waals surface area contributed by atoms with Crippen LogP contribution in [-0.4, -0.2) is 12.0 Å². The van der Waals surface area contributed by atoms with Crippen LogP contribution >= 0.6 is 0 Å². The lowest BCUT2D eigenvalue weighted by atomic mass is 10.2. The van der Waals surface area contributed by atoms with Crippen molar-refractivity contribution < 1.29 is 22.7 Å². The molecule has 1 atom stereocenters. The van der Waals surface area contributed by atoms with E-state index in [9.17, 15) is 18.0 Å². The largest absolute Gasteiger partial charge is 0.479 e. The molecule has 0 spiro atoms. The van der Waals surface area contributed by atoms with Crippen LogP contribution in [0.4, 0.5) is 18.9 Å². The fraction of sp³-hybridized carbons (Fsp3) is 0.300. The Balaban J connectivity index is 2.95. The summed E-state index contributed by atoms with van der Waals surface area (Å²) in [4.78, 5) is 10.7. The fourth-order valence-electron chi connectivity index (χ4n) is 1.08. The molecule has 0 heterocycles. The highest BCUT2D eigenvalue weighted by atomic mass is 19.4. The molecule has 0 saturated carbocycles. The Bertz CT molecular complexity index is 432. The number of anilines is 1. The summed E-state index contributed by atoms with van der Waals surface area (Å²) < 4.78 is 42.0. The number of hydrogen-bond donors (Lipinski definition) is 2. The normalized spacial score (nSPS) is 13.2. The Hall–Kier alpha value is -1.92. The standard InChI is InChI=1S/C10H11F3N2O2/c1-5(9(15)16)17-8-3-2-6(4-7(8)14)10(11,12)13/h2-5H,14H2,1H3,(H2,15,16). The number of ether oxygens (including phenoxy) is 1. The average molecular weight is 248 g/mol. The molecule has 1 rings (SSSR count). The SMILES string of the molecule is CC(Oc1ccc(C(F)(F)F)cc1N)C(N)=O. The summed E-state index contributed by atoms with van der Waals surface area (Å²) in [5, 5.41) is 0. The van der Waals surface area contributed by atoms with Gasteiger partial charge in [-0.1, -0.05) is 0 Å². The molecule has 0 aliphatic heterocycles. The zero-order valence-electron chi connectivity index (χ0n) is 8.91. The predicted octanol–water partition coefficient (Wildman–Crippen LogP) is 1.54. The lowest BCUT2D eigenvalue weighted by molar-refractivity contribution is -0.137. The Morgan fingerprint density at radius 1 is 1.41 bits per heavy atom. The highest BCUT2D eigenvalue weighted by Gasteiger charge is 2.31. The summed E-state index contributed by atoms with van der Waals surface area (Å²) in [6.45, 7) is 1.37. The molecule has 4 N–H and O–H groups in total. The van der Waals surface area contributed by atoms with Gasteiger partial charge in [0.05, 0.1) is 11.3 Å². The van der Waals surface area contributed by atoms with E-state index in [-0.39, 0.29) is 11.4 Å². The van der Waals surface area contributed by atoms with Crippen LogP contribution in [-0.2, 0) is 11.0 Å². The van der Waals surface area contributed by atoms with Gasteiger partial charge >= 0.3 is 6.18 Å². The lowest BCUT2D eigenvalue weighted by Crippen LogP contribution is -2.30. The van der Waals surface area contributed by atoms with E-state index < -0.39 is 23.8 Å². The lowest BCUT2D eigenvalue weighted by Gasteiger charge is -2.14. The molecule has 1 aromatic carbocycles. The van der Waals surface area contributed by atoms with E-state index in [0.29, 0.717) is 0 Å². The van der Waals surface area contributed by atoms with E-state index >= 15 is 0 Å². The van der Waals surface area contributed by atoms with Crippen molar-refractivity contribution in [3.05, 3.63) is 23.8 Å².